The molecule has 1 heteroatoms. The van der Waals surface area contributed by atoms with Gasteiger partial charge in [-0.15, -0.1) is 0 Å². The summed E-state index contributed by atoms with van der Waals surface area (Å²) in [5, 5.41) is 1.18. The topological polar surface area (TPSA) is 12.9 Å². The highest BCUT2D eigenvalue weighted by Crippen LogP contribution is 2.39. The van der Waals surface area contributed by atoms with Crippen LogP contribution in [-0.4, -0.2) is 4.98 Å². The average molecular weight is 319 g/mol. The van der Waals surface area contributed by atoms with Crippen molar-refractivity contribution >= 4 is 22.6 Å². The van der Waals surface area contributed by atoms with Crippen molar-refractivity contribution in [2.75, 3.05) is 0 Å². The van der Waals surface area contributed by atoms with Crippen molar-refractivity contribution in [3.8, 4) is 11.1 Å². The first-order valence-corrected chi connectivity index (χ1v) is 8.62. The predicted octanol–water partition coefficient (Wildman–Crippen LogP) is 6.00. The van der Waals surface area contributed by atoms with Crippen molar-refractivity contribution in [1.29, 1.82) is 0 Å². The molecule has 0 unspecified atom stereocenters. The van der Waals surface area contributed by atoms with Crippen molar-refractivity contribution in [3.05, 3.63) is 102 Å². The van der Waals surface area contributed by atoms with E-state index < -0.39 is 0 Å². The first-order chi connectivity index (χ1) is 12.4. The molecule has 1 aliphatic rings. The van der Waals surface area contributed by atoms with Crippen LogP contribution in [0.3, 0.4) is 0 Å². The minimum absolute atomic E-state index is 0.991. The Kier molecular flexibility index (Phi) is 3.24. The van der Waals surface area contributed by atoms with Crippen LogP contribution < -0.4 is 0 Å². The van der Waals surface area contributed by atoms with Crippen molar-refractivity contribution in [2.24, 2.45) is 0 Å². The standard InChI is InChI=1S/C24H17N/c1-2-7-17(8-3-1)20-15-19-10-5-12-21(23(19)16-20)22-13-4-9-18-11-6-14-25-24(18)22/h1-14,16H,15H2. The molecular weight excluding hydrogens is 302 g/mol. The normalized spacial score (nSPS) is 12.9. The van der Waals surface area contributed by atoms with E-state index in [0.29, 0.717) is 0 Å². The Morgan fingerprint density at radius 1 is 0.680 bits per heavy atom. The molecule has 0 saturated heterocycles. The summed E-state index contributed by atoms with van der Waals surface area (Å²) in [6.07, 6.45) is 5.22. The van der Waals surface area contributed by atoms with Crippen molar-refractivity contribution in [3.63, 3.8) is 0 Å². The molecule has 4 aromatic rings. The molecule has 1 aliphatic carbocycles. The maximum Gasteiger partial charge on any atom is 0.0780 e. The fourth-order valence-corrected chi connectivity index (χ4v) is 3.76. The molecule has 1 nitrogen and oxygen atoms in total. The van der Waals surface area contributed by atoms with Crippen LogP contribution in [0.2, 0.25) is 0 Å². The van der Waals surface area contributed by atoms with Crippen LogP contribution in [0.4, 0.5) is 0 Å². The van der Waals surface area contributed by atoms with E-state index in [-0.39, 0.29) is 0 Å². The monoisotopic (exact) mass is 319 g/mol. The molecule has 0 N–H and O–H groups in total. The van der Waals surface area contributed by atoms with Gasteiger partial charge in [0.2, 0.25) is 0 Å². The maximum absolute atomic E-state index is 4.64. The fraction of sp³-hybridized carbons (Fsp3) is 0.0417. The Morgan fingerprint density at radius 2 is 1.48 bits per heavy atom. The number of hydrogen-bond donors (Lipinski definition) is 0. The number of allylic oxidation sites excluding steroid dienone is 1. The summed E-state index contributed by atoms with van der Waals surface area (Å²) >= 11 is 0. The largest absolute Gasteiger partial charge is 0.256 e. The molecule has 1 heterocycles. The molecule has 3 aromatic carbocycles. The fourth-order valence-electron chi connectivity index (χ4n) is 3.76. The summed E-state index contributed by atoms with van der Waals surface area (Å²) in [6, 6.07) is 27.8. The van der Waals surface area contributed by atoms with Gasteiger partial charge in [0.05, 0.1) is 5.52 Å². The number of nitrogens with zero attached hydrogens (tertiary/aromatic N) is 1. The molecule has 0 atom stereocenters. The zero-order valence-electron chi connectivity index (χ0n) is 13.8. The van der Waals surface area contributed by atoms with Crippen molar-refractivity contribution in [1.82, 2.24) is 4.98 Å². The van der Waals surface area contributed by atoms with Gasteiger partial charge in [-0.25, -0.2) is 0 Å². The summed E-state index contributed by atoms with van der Waals surface area (Å²) in [4.78, 5) is 4.64. The summed E-state index contributed by atoms with van der Waals surface area (Å²) in [7, 11) is 0. The smallest absolute Gasteiger partial charge is 0.0780 e. The molecule has 1 aromatic heterocycles. The Hall–Kier alpha value is -3.19. The third-order valence-corrected chi connectivity index (χ3v) is 4.96. The summed E-state index contributed by atoms with van der Waals surface area (Å²) in [5.41, 5.74) is 8.97. The van der Waals surface area contributed by atoms with Crippen molar-refractivity contribution in [2.45, 2.75) is 6.42 Å². The molecule has 0 bridgehead atoms. The van der Waals surface area contributed by atoms with E-state index in [1.807, 2.05) is 12.3 Å². The van der Waals surface area contributed by atoms with Crippen LogP contribution >= 0.6 is 0 Å². The molecular formula is C24H17N. The minimum Gasteiger partial charge on any atom is -0.256 e. The van der Waals surface area contributed by atoms with E-state index in [0.717, 1.165) is 11.9 Å². The van der Waals surface area contributed by atoms with Crippen LogP contribution in [-0.2, 0) is 6.42 Å². The SMILES string of the molecule is C1=C(c2ccccc2)Cc2cccc(-c3cccc4cccnc34)c21. The van der Waals surface area contributed by atoms with Gasteiger partial charge in [-0.05, 0) is 46.4 Å². The number of hydrogen-bond acceptors (Lipinski definition) is 1. The van der Waals surface area contributed by atoms with Gasteiger partial charge in [-0.2, -0.15) is 0 Å². The van der Waals surface area contributed by atoms with Gasteiger partial charge in [0.25, 0.3) is 0 Å². The zero-order chi connectivity index (χ0) is 16.6. The summed E-state index contributed by atoms with van der Waals surface area (Å²) < 4.78 is 0. The number of fused-ring (bicyclic) bond motifs is 2. The minimum atomic E-state index is 0.991. The lowest BCUT2D eigenvalue weighted by Crippen LogP contribution is -1.90. The van der Waals surface area contributed by atoms with E-state index >= 15 is 0 Å². The highest BCUT2D eigenvalue weighted by Gasteiger charge is 2.18. The first-order valence-electron chi connectivity index (χ1n) is 8.62. The molecule has 118 valence electrons. The Morgan fingerprint density at radius 3 is 2.40 bits per heavy atom. The number of para-hydroxylation sites is 1. The van der Waals surface area contributed by atoms with E-state index in [4.69, 9.17) is 0 Å². The van der Waals surface area contributed by atoms with E-state index in [1.165, 1.54) is 38.8 Å². The molecule has 0 amide bonds. The molecule has 0 fully saturated rings. The predicted molar refractivity (Wildman–Crippen MR) is 105 cm³/mol. The highest BCUT2D eigenvalue weighted by molar-refractivity contribution is 6.00. The Labute approximate surface area is 147 Å². The molecule has 25 heavy (non-hydrogen) atoms. The Bertz CT molecular complexity index is 1100. The lowest BCUT2D eigenvalue weighted by Gasteiger charge is -2.10. The second kappa shape index (κ2) is 5.71. The van der Waals surface area contributed by atoms with Crippen molar-refractivity contribution < 1.29 is 0 Å². The first kappa shape index (κ1) is 14.2. The van der Waals surface area contributed by atoms with E-state index in [2.05, 4.69) is 83.9 Å². The number of aromatic nitrogens is 1. The van der Waals surface area contributed by atoms with Gasteiger partial charge in [0.15, 0.2) is 0 Å². The number of pyridine rings is 1. The van der Waals surface area contributed by atoms with Crippen LogP contribution in [0.25, 0.3) is 33.7 Å². The third-order valence-electron chi connectivity index (χ3n) is 4.96. The van der Waals surface area contributed by atoms with Gasteiger partial charge < -0.3 is 0 Å². The van der Waals surface area contributed by atoms with Crippen LogP contribution in [0, 0.1) is 0 Å². The second-order valence-electron chi connectivity index (χ2n) is 6.47. The second-order valence-corrected chi connectivity index (χ2v) is 6.47. The zero-order valence-corrected chi connectivity index (χ0v) is 13.8. The van der Waals surface area contributed by atoms with E-state index in [1.54, 1.807) is 0 Å². The molecule has 0 saturated carbocycles. The van der Waals surface area contributed by atoms with Gasteiger partial charge >= 0.3 is 0 Å². The quantitative estimate of drug-likeness (QED) is 0.441. The number of benzene rings is 3. The van der Waals surface area contributed by atoms with Crippen LogP contribution in [0.1, 0.15) is 16.7 Å². The average Bonchev–Trinajstić information content (AvgIpc) is 3.13. The van der Waals surface area contributed by atoms with Gasteiger partial charge in [-0.3, -0.25) is 4.98 Å². The molecule has 5 rings (SSSR count). The molecule has 0 spiro atoms. The number of rotatable bonds is 2. The summed E-state index contributed by atoms with van der Waals surface area (Å²) in [5.74, 6) is 0. The highest BCUT2D eigenvalue weighted by atomic mass is 14.6. The van der Waals surface area contributed by atoms with Gasteiger partial charge in [-0.1, -0.05) is 72.8 Å². The summed E-state index contributed by atoms with van der Waals surface area (Å²) in [6.45, 7) is 0. The van der Waals surface area contributed by atoms with Gasteiger partial charge in [0.1, 0.15) is 0 Å². The lowest BCUT2D eigenvalue weighted by atomic mass is 9.95. The maximum atomic E-state index is 4.64. The van der Waals surface area contributed by atoms with Crippen LogP contribution in [0.15, 0.2) is 85.1 Å². The molecule has 0 radical (unpaired) electrons. The van der Waals surface area contributed by atoms with E-state index in [9.17, 15) is 0 Å². The third kappa shape index (κ3) is 2.36. The van der Waals surface area contributed by atoms with Gasteiger partial charge in [0, 0.05) is 17.1 Å². The molecule has 0 aliphatic heterocycles. The Balaban J connectivity index is 1.71. The lowest BCUT2D eigenvalue weighted by molar-refractivity contribution is 1.31. The van der Waals surface area contributed by atoms with Crippen LogP contribution in [0.5, 0.6) is 0 Å².